The summed E-state index contributed by atoms with van der Waals surface area (Å²) in [4.78, 5) is 12.4. The molecule has 0 aromatic heterocycles. The van der Waals surface area contributed by atoms with E-state index in [1.165, 1.54) is 19.1 Å². The molecule has 0 amide bonds. The number of carbonyl (C=O) groups is 1. The van der Waals surface area contributed by atoms with Gasteiger partial charge in [0.1, 0.15) is 17.6 Å². The third-order valence-corrected chi connectivity index (χ3v) is 3.02. The zero-order valence-electron chi connectivity index (χ0n) is 10.0. The van der Waals surface area contributed by atoms with E-state index in [1.807, 2.05) is 0 Å². The van der Waals surface area contributed by atoms with Crippen LogP contribution in [0.2, 0.25) is 0 Å². The second-order valence-corrected chi connectivity index (χ2v) is 4.06. The smallest absolute Gasteiger partial charge is 0.320 e. The normalized spacial score (nSPS) is 14.6. The number of aromatic hydroxyl groups is 1. The van der Waals surface area contributed by atoms with E-state index in [0.717, 1.165) is 6.07 Å². The van der Waals surface area contributed by atoms with E-state index < -0.39 is 23.9 Å². The third kappa shape index (κ3) is 2.94. The zero-order valence-corrected chi connectivity index (χ0v) is 10.0. The molecule has 1 rings (SSSR count). The van der Waals surface area contributed by atoms with Crippen LogP contribution in [0.5, 0.6) is 5.75 Å². The largest absolute Gasteiger partial charge is 0.508 e. The Hall–Kier alpha value is -1.62. The van der Waals surface area contributed by atoms with Crippen LogP contribution in [0.3, 0.4) is 0 Å². The summed E-state index contributed by atoms with van der Waals surface area (Å²) < 4.78 is 13.1. The highest BCUT2D eigenvalue weighted by atomic mass is 19.1. The standard InChI is InChI=1S/C12H16FNO3/c1-7(14(3)8(2)12(16)17)10-6-9(13)4-5-11(10)15/h4-8,15H,1-3H3,(H,16,17). The van der Waals surface area contributed by atoms with Crippen molar-refractivity contribution in [3.8, 4) is 5.75 Å². The predicted octanol–water partition coefficient (Wildman–Crippen LogP) is 2.00. The molecule has 0 saturated carbocycles. The molecule has 2 atom stereocenters. The first-order valence-electron chi connectivity index (χ1n) is 5.27. The van der Waals surface area contributed by atoms with E-state index in [1.54, 1.807) is 18.9 Å². The van der Waals surface area contributed by atoms with Gasteiger partial charge < -0.3 is 10.2 Å². The molecule has 0 spiro atoms. The number of carboxylic acid groups (broad SMARTS) is 1. The molecule has 94 valence electrons. The highest BCUT2D eigenvalue weighted by Crippen LogP contribution is 2.29. The van der Waals surface area contributed by atoms with Crippen LogP contribution in [0.1, 0.15) is 25.5 Å². The lowest BCUT2D eigenvalue weighted by Crippen LogP contribution is -2.37. The van der Waals surface area contributed by atoms with Gasteiger partial charge in [-0.3, -0.25) is 9.69 Å². The first-order chi connectivity index (χ1) is 7.84. The first-order valence-corrected chi connectivity index (χ1v) is 5.27. The van der Waals surface area contributed by atoms with Gasteiger partial charge in [0, 0.05) is 11.6 Å². The van der Waals surface area contributed by atoms with Crippen LogP contribution in [0, 0.1) is 5.82 Å². The number of aliphatic carboxylic acids is 1. The number of phenols is 1. The van der Waals surface area contributed by atoms with Gasteiger partial charge in [0.15, 0.2) is 0 Å². The van der Waals surface area contributed by atoms with E-state index in [2.05, 4.69) is 0 Å². The van der Waals surface area contributed by atoms with Gasteiger partial charge in [-0.1, -0.05) is 0 Å². The number of hydrogen-bond donors (Lipinski definition) is 2. The van der Waals surface area contributed by atoms with Gasteiger partial charge >= 0.3 is 5.97 Å². The number of carboxylic acids is 1. The number of likely N-dealkylation sites (N-methyl/N-ethyl adjacent to an activating group) is 1. The lowest BCUT2D eigenvalue weighted by Gasteiger charge is -2.28. The van der Waals surface area contributed by atoms with E-state index >= 15 is 0 Å². The minimum Gasteiger partial charge on any atom is -0.508 e. The van der Waals surface area contributed by atoms with Crippen LogP contribution in [-0.4, -0.2) is 34.2 Å². The molecule has 1 aromatic carbocycles. The number of nitrogens with zero attached hydrogens (tertiary/aromatic N) is 1. The fourth-order valence-corrected chi connectivity index (χ4v) is 1.59. The van der Waals surface area contributed by atoms with Crippen LogP contribution in [-0.2, 0) is 4.79 Å². The summed E-state index contributed by atoms with van der Waals surface area (Å²) in [5, 5.41) is 18.5. The Morgan fingerprint density at radius 2 is 2.00 bits per heavy atom. The fraction of sp³-hybridized carbons (Fsp3) is 0.417. The molecule has 0 radical (unpaired) electrons. The Balaban J connectivity index is 2.99. The van der Waals surface area contributed by atoms with Crippen LogP contribution in [0.15, 0.2) is 18.2 Å². The minimum atomic E-state index is -0.963. The summed E-state index contributed by atoms with van der Waals surface area (Å²) >= 11 is 0. The molecule has 0 aliphatic heterocycles. The molecule has 0 fully saturated rings. The summed E-state index contributed by atoms with van der Waals surface area (Å²) in [7, 11) is 1.62. The van der Waals surface area contributed by atoms with Crippen molar-refractivity contribution in [1.29, 1.82) is 0 Å². The number of hydrogen-bond acceptors (Lipinski definition) is 3. The lowest BCUT2D eigenvalue weighted by molar-refractivity contribution is -0.142. The predicted molar refractivity (Wildman–Crippen MR) is 61.3 cm³/mol. The summed E-state index contributed by atoms with van der Waals surface area (Å²) in [5.41, 5.74) is 0.376. The average Bonchev–Trinajstić information content (AvgIpc) is 2.29. The topological polar surface area (TPSA) is 60.8 Å². The van der Waals surface area contributed by atoms with Crippen molar-refractivity contribution >= 4 is 5.97 Å². The third-order valence-electron chi connectivity index (χ3n) is 3.02. The average molecular weight is 241 g/mol. The van der Waals surface area contributed by atoms with Gasteiger partial charge in [0.05, 0.1) is 0 Å². The number of phenolic OH excluding ortho intramolecular Hbond substituents is 1. The van der Waals surface area contributed by atoms with Crippen molar-refractivity contribution in [2.24, 2.45) is 0 Å². The Morgan fingerprint density at radius 1 is 1.41 bits per heavy atom. The molecular weight excluding hydrogens is 225 g/mol. The van der Waals surface area contributed by atoms with Gasteiger partial charge in [-0.2, -0.15) is 0 Å². The van der Waals surface area contributed by atoms with Crippen LogP contribution in [0.4, 0.5) is 4.39 Å². The molecule has 17 heavy (non-hydrogen) atoms. The maximum Gasteiger partial charge on any atom is 0.320 e. The SMILES string of the molecule is CC(C(=O)O)N(C)C(C)c1cc(F)ccc1O. The molecule has 2 N–H and O–H groups in total. The Labute approximate surface area is 99.3 Å². The van der Waals surface area contributed by atoms with E-state index in [0.29, 0.717) is 5.56 Å². The summed E-state index contributed by atoms with van der Waals surface area (Å²) in [6.45, 7) is 3.25. The van der Waals surface area contributed by atoms with Crippen LogP contribution >= 0.6 is 0 Å². The Kier molecular flexibility index (Phi) is 4.07. The van der Waals surface area contributed by atoms with Gasteiger partial charge in [0.25, 0.3) is 0 Å². The van der Waals surface area contributed by atoms with Gasteiger partial charge in [-0.15, -0.1) is 0 Å². The molecule has 0 aliphatic rings. The molecule has 0 saturated heterocycles. The lowest BCUT2D eigenvalue weighted by atomic mass is 10.0. The molecule has 0 bridgehead atoms. The van der Waals surface area contributed by atoms with Gasteiger partial charge in [-0.05, 0) is 39.1 Å². The second kappa shape index (κ2) is 5.14. The van der Waals surface area contributed by atoms with Crippen molar-refractivity contribution in [3.05, 3.63) is 29.6 Å². The summed E-state index contributed by atoms with van der Waals surface area (Å²) in [6, 6.07) is 2.53. The molecule has 0 heterocycles. The number of benzene rings is 1. The summed E-state index contributed by atoms with van der Waals surface area (Å²) in [5.74, 6) is -1.46. The Bertz CT molecular complexity index is 422. The minimum absolute atomic E-state index is 0.0386. The van der Waals surface area contributed by atoms with Gasteiger partial charge in [-0.25, -0.2) is 4.39 Å². The molecule has 2 unspecified atom stereocenters. The van der Waals surface area contributed by atoms with Crippen molar-refractivity contribution in [3.63, 3.8) is 0 Å². The highest BCUT2D eigenvalue weighted by molar-refractivity contribution is 5.72. The fourth-order valence-electron chi connectivity index (χ4n) is 1.59. The highest BCUT2D eigenvalue weighted by Gasteiger charge is 2.24. The van der Waals surface area contributed by atoms with Crippen LogP contribution in [0.25, 0.3) is 0 Å². The molecule has 1 aromatic rings. The maximum absolute atomic E-state index is 13.1. The number of halogens is 1. The molecule has 0 aliphatic carbocycles. The molecule has 4 nitrogen and oxygen atoms in total. The van der Waals surface area contributed by atoms with Crippen molar-refractivity contribution in [2.75, 3.05) is 7.05 Å². The zero-order chi connectivity index (χ0) is 13.2. The quantitative estimate of drug-likeness (QED) is 0.846. The van der Waals surface area contributed by atoms with Crippen molar-refractivity contribution < 1.29 is 19.4 Å². The molecule has 5 heteroatoms. The van der Waals surface area contributed by atoms with Crippen molar-refractivity contribution in [1.82, 2.24) is 4.90 Å². The Morgan fingerprint density at radius 3 is 2.53 bits per heavy atom. The maximum atomic E-state index is 13.1. The van der Waals surface area contributed by atoms with E-state index in [4.69, 9.17) is 5.11 Å². The first kappa shape index (κ1) is 13.4. The van der Waals surface area contributed by atoms with E-state index in [-0.39, 0.29) is 5.75 Å². The van der Waals surface area contributed by atoms with Crippen molar-refractivity contribution in [2.45, 2.75) is 25.9 Å². The monoisotopic (exact) mass is 241 g/mol. The number of rotatable bonds is 4. The molecular formula is C12H16FNO3. The summed E-state index contributed by atoms with van der Waals surface area (Å²) in [6.07, 6.45) is 0. The van der Waals surface area contributed by atoms with Crippen LogP contribution < -0.4 is 0 Å². The van der Waals surface area contributed by atoms with E-state index in [9.17, 15) is 14.3 Å². The van der Waals surface area contributed by atoms with Gasteiger partial charge in [0.2, 0.25) is 0 Å². The second-order valence-electron chi connectivity index (χ2n) is 4.06.